The van der Waals surface area contributed by atoms with Gasteiger partial charge in [0, 0.05) is 26.2 Å². The third kappa shape index (κ3) is 2.28. The van der Waals surface area contributed by atoms with Gasteiger partial charge in [0.05, 0.1) is 17.4 Å². The molecular weight excluding hydrogens is 258 g/mol. The molecule has 0 bridgehead atoms. The van der Waals surface area contributed by atoms with Gasteiger partial charge in [-0.15, -0.1) is 0 Å². The van der Waals surface area contributed by atoms with E-state index in [2.05, 4.69) is 64.9 Å². The van der Waals surface area contributed by atoms with E-state index in [4.69, 9.17) is 0 Å². The maximum absolute atomic E-state index is 3.60. The van der Waals surface area contributed by atoms with E-state index in [0.717, 1.165) is 26.2 Å². The summed E-state index contributed by atoms with van der Waals surface area (Å²) in [6, 6.07) is 16.1. The van der Waals surface area contributed by atoms with E-state index >= 15 is 0 Å². The number of hydrogen-bond acceptors (Lipinski definition) is 3. The zero-order chi connectivity index (χ0) is 14.2. The maximum atomic E-state index is 3.60. The molecule has 4 rings (SSSR count). The summed E-state index contributed by atoms with van der Waals surface area (Å²) in [5.74, 6) is 0. The van der Waals surface area contributed by atoms with E-state index in [0.29, 0.717) is 6.04 Å². The number of nitrogens with one attached hydrogen (secondary N) is 2. The predicted octanol–water partition coefficient (Wildman–Crippen LogP) is 2.87. The van der Waals surface area contributed by atoms with Crippen molar-refractivity contribution in [1.29, 1.82) is 0 Å². The van der Waals surface area contributed by atoms with Crippen LogP contribution in [0.5, 0.6) is 0 Å². The normalized spacial score (nSPS) is 20.4. The highest BCUT2D eigenvalue weighted by Crippen LogP contribution is 2.35. The summed E-state index contributed by atoms with van der Waals surface area (Å²) in [7, 11) is 0. The van der Waals surface area contributed by atoms with E-state index in [-0.39, 0.29) is 0 Å². The summed E-state index contributed by atoms with van der Waals surface area (Å²) in [4.78, 5) is 2.54. The van der Waals surface area contributed by atoms with Crippen LogP contribution in [0, 0.1) is 6.92 Å². The average Bonchev–Trinajstić information content (AvgIpc) is 2.54. The molecule has 1 fully saturated rings. The molecule has 108 valence electrons. The van der Waals surface area contributed by atoms with Crippen LogP contribution in [0.3, 0.4) is 0 Å². The Kier molecular flexibility index (Phi) is 3.08. The highest BCUT2D eigenvalue weighted by atomic mass is 15.3. The lowest BCUT2D eigenvalue weighted by molar-refractivity contribution is 0.482. The number of rotatable bonds is 1. The van der Waals surface area contributed by atoms with E-state index < -0.39 is 0 Å². The Balaban J connectivity index is 1.72. The number of anilines is 2. The van der Waals surface area contributed by atoms with Gasteiger partial charge in [0.1, 0.15) is 0 Å². The Morgan fingerprint density at radius 2 is 1.95 bits per heavy atom. The molecule has 2 N–H and O–H groups in total. The van der Waals surface area contributed by atoms with Crippen molar-refractivity contribution >= 4 is 11.4 Å². The van der Waals surface area contributed by atoms with Gasteiger partial charge in [-0.05, 0) is 30.2 Å². The molecule has 3 heteroatoms. The van der Waals surface area contributed by atoms with Crippen LogP contribution in [0.25, 0.3) is 11.1 Å². The Bertz CT molecular complexity index is 665. The molecule has 1 unspecified atom stereocenters. The van der Waals surface area contributed by atoms with Crippen molar-refractivity contribution in [2.24, 2.45) is 0 Å². The molecule has 0 aliphatic carbocycles. The first-order valence-electron chi connectivity index (χ1n) is 7.73. The van der Waals surface area contributed by atoms with Gasteiger partial charge in [-0.25, -0.2) is 0 Å². The number of piperazine rings is 1. The number of benzene rings is 2. The molecule has 2 aromatic rings. The molecule has 0 spiro atoms. The maximum Gasteiger partial charge on any atom is 0.0606 e. The smallest absolute Gasteiger partial charge is 0.0606 e. The Labute approximate surface area is 126 Å². The SMILES string of the molecule is Cc1cccc(-c2ccc3c(c2)NCC2CNCCN32)c1. The lowest BCUT2D eigenvalue weighted by Crippen LogP contribution is -2.56. The lowest BCUT2D eigenvalue weighted by Gasteiger charge is -2.42. The summed E-state index contributed by atoms with van der Waals surface area (Å²) >= 11 is 0. The number of aryl methyl sites for hydroxylation is 1. The predicted molar refractivity (Wildman–Crippen MR) is 89.1 cm³/mol. The summed E-state index contributed by atoms with van der Waals surface area (Å²) in [5, 5.41) is 7.08. The van der Waals surface area contributed by atoms with Crippen LogP contribution in [-0.2, 0) is 0 Å². The molecule has 2 aliphatic heterocycles. The first-order chi connectivity index (χ1) is 10.3. The highest BCUT2D eigenvalue weighted by Gasteiger charge is 2.28. The first kappa shape index (κ1) is 12.7. The van der Waals surface area contributed by atoms with E-state index in [1.807, 2.05) is 0 Å². The van der Waals surface area contributed by atoms with Crippen LogP contribution in [0.4, 0.5) is 11.4 Å². The summed E-state index contributed by atoms with van der Waals surface area (Å²) in [6.07, 6.45) is 0. The minimum absolute atomic E-state index is 0.580. The molecule has 1 atom stereocenters. The van der Waals surface area contributed by atoms with Gasteiger partial charge >= 0.3 is 0 Å². The van der Waals surface area contributed by atoms with E-state index in [9.17, 15) is 0 Å². The van der Waals surface area contributed by atoms with Crippen LogP contribution < -0.4 is 15.5 Å². The van der Waals surface area contributed by atoms with Gasteiger partial charge in [-0.1, -0.05) is 35.9 Å². The van der Waals surface area contributed by atoms with Gasteiger partial charge in [0.25, 0.3) is 0 Å². The Hall–Kier alpha value is -2.00. The second kappa shape index (κ2) is 5.08. The van der Waals surface area contributed by atoms with Gasteiger partial charge in [0.2, 0.25) is 0 Å². The molecule has 2 aliphatic rings. The van der Waals surface area contributed by atoms with E-state index in [1.54, 1.807) is 0 Å². The zero-order valence-electron chi connectivity index (χ0n) is 12.4. The average molecular weight is 279 g/mol. The second-order valence-electron chi connectivity index (χ2n) is 6.03. The van der Waals surface area contributed by atoms with Crippen LogP contribution in [0.15, 0.2) is 42.5 Å². The van der Waals surface area contributed by atoms with Crippen LogP contribution in [0.1, 0.15) is 5.56 Å². The number of fused-ring (bicyclic) bond motifs is 3. The zero-order valence-corrected chi connectivity index (χ0v) is 12.4. The number of nitrogens with zero attached hydrogens (tertiary/aromatic N) is 1. The van der Waals surface area contributed by atoms with Crippen molar-refractivity contribution < 1.29 is 0 Å². The fraction of sp³-hybridized carbons (Fsp3) is 0.333. The molecule has 1 saturated heterocycles. The number of hydrogen-bond donors (Lipinski definition) is 2. The summed E-state index contributed by atoms with van der Waals surface area (Å²) in [5.41, 5.74) is 6.51. The summed E-state index contributed by atoms with van der Waals surface area (Å²) < 4.78 is 0. The minimum atomic E-state index is 0.580. The van der Waals surface area contributed by atoms with Gasteiger partial charge in [0.15, 0.2) is 0 Å². The molecule has 0 saturated carbocycles. The molecule has 2 aromatic carbocycles. The van der Waals surface area contributed by atoms with Crippen molar-refractivity contribution in [1.82, 2.24) is 5.32 Å². The fourth-order valence-corrected chi connectivity index (χ4v) is 3.42. The molecule has 3 nitrogen and oxygen atoms in total. The topological polar surface area (TPSA) is 27.3 Å². The van der Waals surface area contributed by atoms with Gasteiger partial charge < -0.3 is 15.5 Å². The second-order valence-corrected chi connectivity index (χ2v) is 6.03. The third-order valence-electron chi connectivity index (χ3n) is 4.54. The minimum Gasteiger partial charge on any atom is -0.381 e. The molecule has 0 radical (unpaired) electrons. The molecule has 21 heavy (non-hydrogen) atoms. The molecular formula is C18H21N3. The quantitative estimate of drug-likeness (QED) is 0.840. The lowest BCUT2D eigenvalue weighted by atomic mass is 10.00. The monoisotopic (exact) mass is 279 g/mol. The molecule has 0 aromatic heterocycles. The van der Waals surface area contributed by atoms with Crippen LogP contribution in [-0.4, -0.2) is 32.2 Å². The fourth-order valence-electron chi connectivity index (χ4n) is 3.42. The van der Waals surface area contributed by atoms with Gasteiger partial charge in [-0.2, -0.15) is 0 Å². The van der Waals surface area contributed by atoms with Crippen LogP contribution >= 0.6 is 0 Å². The van der Waals surface area contributed by atoms with Crippen molar-refractivity contribution in [2.45, 2.75) is 13.0 Å². The molecule has 0 amide bonds. The Morgan fingerprint density at radius 3 is 2.86 bits per heavy atom. The van der Waals surface area contributed by atoms with Crippen molar-refractivity contribution in [3.05, 3.63) is 48.0 Å². The summed E-state index contributed by atoms with van der Waals surface area (Å²) in [6.45, 7) is 6.42. The van der Waals surface area contributed by atoms with Gasteiger partial charge in [-0.3, -0.25) is 0 Å². The van der Waals surface area contributed by atoms with Crippen molar-refractivity contribution in [3.63, 3.8) is 0 Å². The molecule has 2 heterocycles. The van der Waals surface area contributed by atoms with E-state index in [1.165, 1.54) is 28.1 Å². The highest BCUT2D eigenvalue weighted by molar-refractivity contribution is 5.80. The van der Waals surface area contributed by atoms with Crippen molar-refractivity contribution in [3.8, 4) is 11.1 Å². The van der Waals surface area contributed by atoms with Crippen molar-refractivity contribution in [2.75, 3.05) is 36.4 Å². The first-order valence-corrected chi connectivity index (χ1v) is 7.73. The largest absolute Gasteiger partial charge is 0.381 e. The van der Waals surface area contributed by atoms with Crippen LogP contribution in [0.2, 0.25) is 0 Å². The Morgan fingerprint density at radius 1 is 1.05 bits per heavy atom. The third-order valence-corrected chi connectivity index (χ3v) is 4.54. The standard InChI is InChI=1S/C18H21N3/c1-13-3-2-4-14(9-13)15-5-6-18-17(10-15)20-12-16-11-19-7-8-21(16)18/h2-6,9-10,16,19-20H,7-8,11-12H2,1H3.